The van der Waals surface area contributed by atoms with Gasteiger partial charge in [-0.2, -0.15) is 0 Å². The molecular weight excluding hydrogens is 358 g/mol. The second-order valence-corrected chi connectivity index (χ2v) is 8.08. The molecule has 2 heterocycles. The van der Waals surface area contributed by atoms with Crippen LogP contribution in [0, 0.1) is 0 Å². The first kappa shape index (κ1) is 17.9. The number of benzene rings is 2. The highest BCUT2D eigenvalue weighted by Crippen LogP contribution is 2.30. The van der Waals surface area contributed by atoms with Crippen LogP contribution < -0.4 is 15.0 Å². The SMILES string of the molecule is COc1cccc(NC(=O)C[NH+]2CCC[C@@H](c3nc4ccccc4s3)C2)c1. The van der Waals surface area contributed by atoms with Gasteiger partial charge in [-0.1, -0.05) is 18.2 Å². The number of thiazole rings is 1. The Hall–Kier alpha value is -2.44. The third-order valence-corrected chi connectivity index (χ3v) is 6.24. The molecule has 3 aromatic rings. The number of hydrogen-bond acceptors (Lipinski definition) is 4. The Labute approximate surface area is 163 Å². The molecule has 1 saturated heterocycles. The smallest absolute Gasteiger partial charge is 0.279 e. The van der Waals surface area contributed by atoms with Gasteiger partial charge in [0.05, 0.1) is 36.3 Å². The molecule has 0 saturated carbocycles. The minimum Gasteiger partial charge on any atom is -0.497 e. The molecule has 2 atom stereocenters. The first-order chi connectivity index (χ1) is 13.2. The zero-order valence-corrected chi connectivity index (χ0v) is 16.2. The second kappa shape index (κ2) is 8.06. The van der Waals surface area contributed by atoms with E-state index in [2.05, 4.69) is 23.5 Å². The summed E-state index contributed by atoms with van der Waals surface area (Å²) in [4.78, 5) is 18.6. The van der Waals surface area contributed by atoms with Crippen LogP contribution in [0.2, 0.25) is 0 Å². The highest BCUT2D eigenvalue weighted by Gasteiger charge is 2.28. The first-order valence-corrected chi connectivity index (χ1v) is 10.2. The van der Waals surface area contributed by atoms with Gasteiger partial charge in [-0.25, -0.2) is 4.98 Å². The van der Waals surface area contributed by atoms with Gasteiger partial charge in [0, 0.05) is 11.8 Å². The van der Waals surface area contributed by atoms with Gasteiger partial charge in [-0.15, -0.1) is 11.3 Å². The van der Waals surface area contributed by atoms with Crippen molar-refractivity contribution in [3.8, 4) is 5.75 Å². The van der Waals surface area contributed by atoms with E-state index in [1.165, 1.54) is 14.6 Å². The summed E-state index contributed by atoms with van der Waals surface area (Å²) >= 11 is 1.79. The lowest BCUT2D eigenvalue weighted by Gasteiger charge is -2.28. The molecule has 1 fully saturated rings. The maximum absolute atomic E-state index is 12.5. The van der Waals surface area contributed by atoms with E-state index < -0.39 is 0 Å². The summed E-state index contributed by atoms with van der Waals surface area (Å²) in [5, 5.41) is 4.20. The lowest BCUT2D eigenvalue weighted by atomic mass is 9.99. The summed E-state index contributed by atoms with van der Waals surface area (Å²) in [7, 11) is 1.63. The number of nitrogens with zero attached hydrogens (tertiary/aromatic N) is 1. The van der Waals surface area contributed by atoms with Crippen molar-refractivity contribution in [2.24, 2.45) is 0 Å². The van der Waals surface area contributed by atoms with E-state index in [0.717, 1.165) is 42.9 Å². The Bertz CT molecular complexity index is 907. The van der Waals surface area contributed by atoms with E-state index >= 15 is 0 Å². The molecule has 5 nitrogen and oxygen atoms in total. The summed E-state index contributed by atoms with van der Waals surface area (Å²) < 4.78 is 6.46. The average Bonchev–Trinajstić information content (AvgIpc) is 3.12. The van der Waals surface area contributed by atoms with Crippen LogP contribution in [0.25, 0.3) is 10.2 Å². The van der Waals surface area contributed by atoms with Crippen molar-refractivity contribution in [1.29, 1.82) is 0 Å². The van der Waals surface area contributed by atoms with Gasteiger partial charge < -0.3 is 15.0 Å². The van der Waals surface area contributed by atoms with Gasteiger partial charge in [0.25, 0.3) is 5.91 Å². The minimum atomic E-state index is 0.0446. The molecule has 1 amide bonds. The van der Waals surface area contributed by atoms with Crippen LogP contribution in [0.15, 0.2) is 48.5 Å². The number of anilines is 1. The van der Waals surface area contributed by atoms with Gasteiger partial charge in [-0.3, -0.25) is 4.79 Å². The van der Waals surface area contributed by atoms with E-state index in [1.807, 2.05) is 30.3 Å². The zero-order valence-electron chi connectivity index (χ0n) is 15.4. The highest BCUT2D eigenvalue weighted by molar-refractivity contribution is 7.18. The number of quaternary nitrogens is 1. The van der Waals surface area contributed by atoms with E-state index in [-0.39, 0.29) is 5.91 Å². The first-order valence-electron chi connectivity index (χ1n) is 9.34. The molecule has 0 radical (unpaired) electrons. The number of fused-ring (bicyclic) bond motifs is 1. The van der Waals surface area contributed by atoms with Crippen molar-refractivity contribution in [3.05, 3.63) is 53.5 Å². The molecule has 2 N–H and O–H groups in total. The number of aromatic nitrogens is 1. The predicted molar refractivity (Wildman–Crippen MR) is 109 cm³/mol. The van der Waals surface area contributed by atoms with Gasteiger partial charge in [0.1, 0.15) is 10.8 Å². The third kappa shape index (κ3) is 4.28. The van der Waals surface area contributed by atoms with E-state index in [0.29, 0.717) is 12.5 Å². The monoisotopic (exact) mass is 382 g/mol. The van der Waals surface area contributed by atoms with Gasteiger partial charge >= 0.3 is 0 Å². The Kier molecular flexibility index (Phi) is 5.36. The Morgan fingerprint density at radius 3 is 3.04 bits per heavy atom. The molecule has 27 heavy (non-hydrogen) atoms. The number of methoxy groups -OCH3 is 1. The fraction of sp³-hybridized carbons (Fsp3) is 0.333. The fourth-order valence-electron chi connectivity index (χ4n) is 3.72. The summed E-state index contributed by atoms with van der Waals surface area (Å²) in [6, 6.07) is 15.8. The van der Waals surface area contributed by atoms with E-state index in [1.54, 1.807) is 18.4 Å². The molecule has 0 bridgehead atoms. The molecule has 0 aliphatic carbocycles. The van der Waals surface area contributed by atoms with E-state index in [9.17, 15) is 4.79 Å². The molecule has 1 aromatic heterocycles. The van der Waals surface area contributed by atoms with Crippen LogP contribution in [0.3, 0.4) is 0 Å². The number of ether oxygens (including phenoxy) is 1. The Morgan fingerprint density at radius 2 is 2.19 bits per heavy atom. The van der Waals surface area contributed by atoms with Crippen LogP contribution in [0.4, 0.5) is 5.69 Å². The Morgan fingerprint density at radius 1 is 1.30 bits per heavy atom. The van der Waals surface area contributed by atoms with Crippen LogP contribution in [-0.2, 0) is 4.79 Å². The fourth-order valence-corrected chi connectivity index (χ4v) is 4.82. The number of rotatable bonds is 5. The number of amides is 1. The quantitative estimate of drug-likeness (QED) is 0.713. The molecule has 0 spiro atoms. The predicted octanol–water partition coefficient (Wildman–Crippen LogP) is 2.71. The number of piperidine rings is 1. The van der Waals surface area contributed by atoms with Crippen molar-refractivity contribution in [1.82, 2.24) is 4.98 Å². The molecule has 140 valence electrons. The van der Waals surface area contributed by atoms with Crippen molar-refractivity contribution < 1.29 is 14.4 Å². The number of carbonyl (C=O) groups excluding carboxylic acids is 1. The summed E-state index contributed by atoms with van der Waals surface area (Å²) in [5.74, 6) is 1.23. The van der Waals surface area contributed by atoms with Gasteiger partial charge in [0.2, 0.25) is 0 Å². The summed E-state index contributed by atoms with van der Waals surface area (Å²) in [5.41, 5.74) is 1.86. The summed E-state index contributed by atoms with van der Waals surface area (Å²) in [6.45, 7) is 2.48. The van der Waals surface area contributed by atoms with Crippen LogP contribution in [0.5, 0.6) is 5.75 Å². The second-order valence-electron chi connectivity index (χ2n) is 7.02. The molecule has 1 aliphatic heterocycles. The number of likely N-dealkylation sites (tertiary alicyclic amines) is 1. The van der Waals surface area contributed by atoms with Gasteiger partial charge in [0.15, 0.2) is 6.54 Å². The lowest BCUT2D eigenvalue weighted by molar-refractivity contribution is -0.898. The minimum absolute atomic E-state index is 0.0446. The molecule has 1 unspecified atom stereocenters. The number of carbonyl (C=O) groups is 1. The van der Waals surface area contributed by atoms with E-state index in [4.69, 9.17) is 9.72 Å². The Balaban J connectivity index is 1.38. The zero-order chi connectivity index (χ0) is 18.6. The van der Waals surface area contributed by atoms with Crippen molar-refractivity contribution >= 4 is 33.1 Å². The number of nitrogens with one attached hydrogen (secondary N) is 2. The molecular formula is C21H24N3O2S+. The summed E-state index contributed by atoms with van der Waals surface area (Å²) in [6.07, 6.45) is 2.28. The molecule has 4 rings (SSSR count). The standard InChI is InChI=1S/C21H23N3O2S/c1-26-17-8-4-7-16(12-17)22-20(25)14-24-11-5-6-15(13-24)21-23-18-9-2-3-10-19(18)27-21/h2-4,7-10,12,15H,5-6,11,13-14H2,1H3,(H,22,25)/p+1/t15-/m1/s1. The van der Waals surface area contributed by atoms with Crippen molar-refractivity contribution in [3.63, 3.8) is 0 Å². The number of para-hydroxylation sites is 1. The highest BCUT2D eigenvalue weighted by atomic mass is 32.1. The third-order valence-electron chi connectivity index (χ3n) is 5.04. The molecule has 6 heteroatoms. The normalized spacial score (nSPS) is 19.7. The lowest BCUT2D eigenvalue weighted by Crippen LogP contribution is -3.14. The van der Waals surface area contributed by atoms with Crippen LogP contribution in [0.1, 0.15) is 23.8 Å². The largest absolute Gasteiger partial charge is 0.497 e. The number of hydrogen-bond donors (Lipinski definition) is 2. The maximum atomic E-state index is 12.5. The maximum Gasteiger partial charge on any atom is 0.279 e. The average molecular weight is 383 g/mol. The van der Waals surface area contributed by atoms with Crippen molar-refractivity contribution in [2.45, 2.75) is 18.8 Å². The van der Waals surface area contributed by atoms with Crippen LogP contribution in [-0.4, -0.2) is 37.6 Å². The molecule has 1 aliphatic rings. The van der Waals surface area contributed by atoms with Crippen molar-refractivity contribution in [2.75, 3.05) is 32.1 Å². The van der Waals surface area contributed by atoms with Gasteiger partial charge in [-0.05, 0) is 37.1 Å². The molecule has 2 aromatic carbocycles. The topological polar surface area (TPSA) is 55.7 Å². The van der Waals surface area contributed by atoms with Crippen LogP contribution >= 0.6 is 11.3 Å².